The van der Waals surface area contributed by atoms with Crippen LogP contribution in [0.4, 0.5) is 20.3 Å². The minimum atomic E-state index is -2.70. The van der Waals surface area contributed by atoms with Crippen LogP contribution in [0.5, 0.6) is 0 Å². The molecule has 5 aliphatic heterocycles. The van der Waals surface area contributed by atoms with Crippen molar-refractivity contribution in [1.29, 1.82) is 0 Å². The molecule has 0 bridgehead atoms. The van der Waals surface area contributed by atoms with E-state index in [1.54, 1.807) is 13.1 Å². The third-order valence-electron chi connectivity index (χ3n) is 15.7. The van der Waals surface area contributed by atoms with Gasteiger partial charge in [0.05, 0.1) is 17.0 Å². The maximum Gasteiger partial charge on any atom is 0.258 e. The number of imide groups is 1. The number of alkyl halides is 2. The quantitative estimate of drug-likeness (QED) is 0.216. The number of hydrogen-bond acceptors (Lipinski definition) is 8. The minimum Gasteiger partial charge on any atom is -0.357 e. The second-order valence-electron chi connectivity index (χ2n) is 19.0. The summed E-state index contributed by atoms with van der Waals surface area (Å²) in [4.78, 5) is 66.1. The molecule has 1 saturated carbocycles. The number of likely N-dealkylation sites (tertiary alicyclic amines) is 1. The molecule has 4 atom stereocenters. The minimum absolute atomic E-state index is 0.0732. The van der Waals surface area contributed by atoms with E-state index in [4.69, 9.17) is 9.84 Å². The lowest BCUT2D eigenvalue weighted by molar-refractivity contribution is -0.141. The molecule has 1 spiro atoms. The second kappa shape index (κ2) is 14.2. The second-order valence-corrected chi connectivity index (χ2v) is 19.0. The number of rotatable bonds is 6. The number of carbonyl (C=O) groups is 4. The van der Waals surface area contributed by atoms with Crippen LogP contribution in [0, 0.1) is 22.7 Å². The molecule has 2 N–H and O–H groups in total. The van der Waals surface area contributed by atoms with Crippen molar-refractivity contribution in [2.24, 2.45) is 22.7 Å². The molecule has 6 fully saturated rings. The van der Waals surface area contributed by atoms with Crippen molar-refractivity contribution in [3.8, 4) is 11.4 Å². The average Bonchev–Trinajstić information content (AvgIpc) is 3.76. The number of ether oxygens (including phenoxy) is 1. The number of halogens is 2. The molecule has 61 heavy (non-hydrogen) atoms. The Bertz CT molecular complexity index is 2440. The average molecular weight is 835 g/mol. The van der Waals surface area contributed by atoms with Crippen molar-refractivity contribution < 1.29 is 32.7 Å². The van der Waals surface area contributed by atoms with Crippen LogP contribution in [0.25, 0.3) is 22.3 Å². The number of aromatic amines is 1. The number of benzene rings is 1. The summed E-state index contributed by atoms with van der Waals surface area (Å²) in [6, 6.07) is 11.9. The summed E-state index contributed by atoms with van der Waals surface area (Å²) in [7, 11) is 0. The van der Waals surface area contributed by atoms with Crippen LogP contribution in [0.15, 0.2) is 42.6 Å². The van der Waals surface area contributed by atoms with E-state index in [-0.39, 0.29) is 54.5 Å². The summed E-state index contributed by atoms with van der Waals surface area (Å²) in [6.07, 6.45) is 9.15. The lowest BCUT2D eigenvalue weighted by atomic mass is 9.76. The highest BCUT2D eigenvalue weighted by atomic mass is 19.3. The van der Waals surface area contributed by atoms with Crippen LogP contribution >= 0.6 is 0 Å². The fraction of sp³-hybridized carbons (Fsp3) is 0.565. The molecule has 1 unspecified atom stereocenters. The topological polar surface area (TPSA) is 146 Å². The number of fused-ring (bicyclic) bond motifs is 3. The van der Waals surface area contributed by atoms with Gasteiger partial charge in [-0.25, -0.2) is 18.4 Å². The first kappa shape index (κ1) is 38.7. The zero-order valence-electron chi connectivity index (χ0n) is 34.6. The number of pyridine rings is 1. The molecule has 4 aromatic rings. The van der Waals surface area contributed by atoms with Crippen molar-refractivity contribution in [2.45, 2.75) is 102 Å². The van der Waals surface area contributed by atoms with Crippen LogP contribution in [-0.2, 0) is 36.8 Å². The SMILES string of the molecule is C[C@@]12Cc3c(c(-c4cc5ccc(N6CCC7(CCN(C(=O)C8CCN(c9ccc([C@H]%10CCC(=O)NC%10=O)cn9)CC8)CC7)C6=O)cc5[nH]4)nn3C3CCCCO3)C[C@@H]1C2(F)F. The molecule has 7 aliphatic rings. The third kappa shape index (κ3) is 6.22. The van der Waals surface area contributed by atoms with Gasteiger partial charge in [-0.1, -0.05) is 19.1 Å². The fourth-order valence-corrected chi connectivity index (χ4v) is 11.6. The van der Waals surface area contributed by atoms with Gasteiger partial charge in [0.25, 0.3) is 5.92 Å². The number of nitrogens with zero attached hydrogens (tertiary/aromatic N) is 6. The molecule has 13 nitrogen and oxygen atoms in total. The molecule has 5 saturated heterocycles. The Balaban J connectivity index is 0.729. The van der Waals surface area contributed by atoms with E-state index in [0.29, 0.717) is 70.7 Å². The maximum absolute atomic E-state index is 15.1. The van der Waals surface area contributed by atoms with Gasteiger partial charge in [-0.15, -0.1) is 0 Å². The van der Waals surface area contributed by atoms with Gasteiger partial charge in [0.1, 0.15) is 17.7 Å². The highest BCUT2D eigenvalue weighted by molar-refractivity contribution is 6.02. The van der Waals surface area contributed by atoms with Crippen LogP contribution in [0.3, 0.4) is 0 Å². The van der Waals surface area contributed by atoms with E-state index in [1.165, 1.54) is 0 Å². The van der Waals surface area contributed by atoms with E-state index < -0.39 is 22.7 Å². The molecule has 15 heteroatoms. The molecular formula is C46H52F2N8O5. The lowest BCUT2D eigenvalue weighted by Crippen LogP contribution is -2.49. The van der Waals surface area contributed by atoms with Gasteiger partial charge >= 0.3 is 0 Å². The zero-order valence-corrected chi connectivity index (χ0v) is 34.6. The third-order valence-corrected chi connectivity index (χ3v) is 15.7. The van der Waals surface area contributed by atoms with Crippen LogP contribution in [-0.4, -0.2) is 93.5 Å². The predicted molar refractivity (Wildman–Crippen MR) is 222 cm³/mol. The highest BCUT2D eigenvalue weighted by Gasteiger charge is 2.78. The standard InChI is InChI=1S/C46H52F2N8O5/c1-44-25-35-32(24-36(44)46(44,47)48)40(52-56(35)39-4-2-3-21-61-39)34-22-28-5-7-30(23-33(28)50-34)55-20-15-45(43(55)60)13-18-54(19-14-45)42(59)27-11-16-53(17-12-27)37-9-6-29(26-49-37)31-8-10-38(57)51-41(31)58/h5-7,9,22-23,26-27,31,36,39,50H,2-4,8,10-21,24-25H2,1H3,(H,51,57,58)/t31-,36+,39?,44-/m1/s1. The number of aromatic nitrogens is 4. The van der Waals surface area contributed by atoms with Gasteiger partial charge in [-0.3, -0.25) is 24.5 Å². The number of nitrogens with one attached hydrogen (secondary N) is 2. The van der Waals surface area contributed by atoms with Gasteiger partial charge in [0.2, 0.25) is 23.6 Å². The van der Waals surface area contributed by atoms with Crippen molar-refractivity contribution in [2.75, 3.05) is 49.1 Å². The van der Waals surface area contributed by atoms with Gasteiger partial charge < -0.3 is 24.4 Å². The monoisotopic (exact) mass is 834 g/mol. The largest absolute Gasteiger partial charge is 0.357 e. The normalized spacial score (nSPS) is 28.6. The summed E-state index contributed by atoms with van der Waals surface area (Å²) < 4.78 is 38.2. The molecule has 1 aromatic carbocycles. The molecule has 0 radical (unpaired) electrons. The molecular weight excluding hydrogens is 783 g/mol. The molecule has 320 valence electrons. The Hall–Kier alpha value is -5.18. The smallest absolute Gasteiger partial charge is 0.258 e. The van der Waals surface area contributed by atoms with Crippen molar-refractivity contribution in [3.63, 3.8) is 0 Å². The van der Waals surface area contributed by atoms with Crippen molar-refractivity contribution in [3.05, 3.63) is 59.4 Å². The number of piperidine rings is 3. The van der Waals surface area contributed by atoms with Crippen molar-refractivity contribution >= 4 is 46.0 Å². The Kier molecular flexibility index (Phi) is 9.00. The predicted octanol–water partition coefficient (Wildman–Crippen LogP) is 6.28. The Morgan fingerprint density at radius 1 is 0.934 bits per heavy atom. The molecule has 8 heterocycles. The van der Waals surface area contributed by atoms with E-state index in [1.807, 2.05) is 50.9 Å². The van der Waals surface area contributed by atoms with Crippen LogP contribution in [0.2, 0.25) is 0 Å². The van der Waals surface area contributed by atoms with Gasteiger partial charge in [-0.05, 0) is 94.0 Å². The summed E-state index contributed by atoms with van der Waals surface area (Å²) in [5.74, 6) is -3.23. The summed E-state index contributed by atoms with van der Waals surface area (Å²) in [5, 5.41) is 8.44. The lowest BCUT2D eigenvalue weighted by Gasteiger charge is -2.40. The molecule has 2 aliphatic carbocycles. The highest BCUT2D eigenvalue weighted by Crippen LogP contribution is 2.71. The van der Waals surface area contributed by atoms with Crippen LogP contribution < -0.4 is 15.1 Å². The maximum atomic E-state index is 15.1. The first-order valence-corrected chi connectivity index (χ1v) is 22.3. The number of anilines is 2. The first-order valence-electron chi connectivity index (χ1n) is 22.3. The van der Waals surface area contributed by atoms with Crippen LogP contribution in [0.1, 0.15) is 100 Å². The number of amides is 4. The van der Waals surface area contributed by atoms with E-state index in [0.717, 1.165) is 83.4 Å². The van der Waals surface area contributed by atoms with E-state index in [2.05, 4.69) is 20.2 Å². The first-order chi connectivity index (χ1) is 29.4. The van der Waals surface area contributed by atoms with Crippen molar-refractivity contribution in [1.82, 2.24) is 30.0 Å². The number of hydrogen-bond donors (Lipinski definition) is 2. The number of carbonyl (C=O) groups excluding carboxylic acids is 4. The summed E-state index contributed by atoms with van der Waals surface area (Å²) >= 11 is 0. The van der Waals surface area contributed by atoms with Gasteiger partial charge in [-0.2, -0.15) is 5.10 Å². The molecule has 11 rings (SSSR count). The molecule has 3 aromatic heterocycles. The fourth-order valence-electron chi connectivity index (χ4n) is 11.6. The van der Waals surface area contributed by atoms with Gasteiger partial charge in [0.15, 0.2) is 0 Å². The Morgan fingerprint density at radius 3 is 2.48 bits per heavy atom. The summed E-state index contributed by atoms with van der Waals surface area (Å²) in [5.41, 5.74) is 4.21. The Morgan fingerprint density at radius 2 is 1.74 bits per heavy atom. The zero-order chi connectivity index (χ0) is 41.8. The van der Waals surface area contributed by atoms with E-state index >= 15 is 8.78 Å². The van der Waals surface area contributed by atoms with E-state index in [9.17, 15) is 19.2 Å². The Labute approximate surface area is 352 Å². The molecule has 4 amide bonds. The number of H-pyrrole nitrogens is 1. The van der Waals surface area contributed by atoms with Gasteiger partial charge in [0, 0.05) is 103 Å². The summed E-state index contributed by atoms with van der Waals surface area (Å²) in [6.45, 7) is 5.50.